The van der Waals surface area contributed by atoms with Gasteiger partial charge < -0.3 is 5.32 Å². The van der Waals surface area contributed by atoms with Gasteiger partial charge in [0, 0.05) is 11.4 Å². The van der Waals surface area contributed by atoms with Crippen LogP contribution in [0.5, 0.6) is 0 Å². The van der Waals surface area contributed by atoms with Gasteiger partial charge in [-0.3, -0.25) is 0 Å². The zero-order chi connectivity index (χ0) is 15.1. The summed E-state index contributed by atoms with van der Waals surface area (Å²) in [5.41, 5.74) is 1.75. The molecule has 0 aliphatic heterocycles. The van der Waals surface area contributed by atoms with Crippen molar-refractivity contribution in [2.45, 2.75) is 39.5 Å². The van der Waals surface area contributed by atoms with E-state index < -0.39 is 0 Å². The molecule has 0 fully saturated rings. The minimum absolute atomic E-state index is 0.615. The van der Waals surface area contributed by atoms with Gasteiger partial charge in [0.25, 0.3) is 0 Å². The maximum Gasteiger partial charge on any atom is 0.102 e. The minimum Gasteiger partial charge on any atom is -0.384 e. The second-order valence-electron chi connectivity index (χ2n) is 5.76. The van der Waals surface area contributed by atoms with Crippen molar-refractivity contribution in [3.8, 4) is 6.07 Å². The van der Waals surface area contributed by atoms with Crippen LogP contribution in [0.2, 0.25) is 0 Å². The number of nitrogens with zero attached hydrogens (tertiary/aromatic N) is 1. The van der Waals surface area contributed by atoms with E-state index in [9.17, 15) is 5.26 Å². The fourth-order valence-corrected chi connectivity index (χ4v) is 3.32. The van der Waals surface area contributed by atoms with Crippen molar-refractivity contribution in [2.75, 3.05) is 17.6 Å². The third kappa shape index (κ3) is 4.45. The number of benzene rings is 1. The number of nitrogens with one attached hydrogen (secondary N) is 1. The summed E-state index contributed by atoms with van der Waals surface area (Å²) in [6.07, 6.45) is 0. The van der Waals surface area contributed by atoms with E-state index in [1.165, 1.54) is 0 Å². The van der Waals surface area contributed by atoms with Gasteiger partial charge >= 0.3 is 0 Å². The molecule has 0 heterocycles. The van der Waals surface area contributed by atoms with Crippen molar-refractivity contribution in [3.63, 3.8) is 0 Å². The first-order valence-electron chi connectivity index (χ1n) is 7.41. The van der Waals surface area contributed by atoms with Crippen LogP contribution in [0.15, 0.2) is 23.1 Å². The van der Waals surface area contributed by atoms with Gasteiger partial charge in [-0.05, 0) is 35.6 Å². The molecule has 1 N–H and O–H groups in total. The van der Waals surface area contributed by atoms with Gasteiger partial charge in [-0.2, -0.15) is 5.26 Å². The normalized spacial score (nSPS) is 11.2. The molecule has 20 heavy (non-hydrogen) atoms. The van der Waals surface area contributed by atoms with Gasteiger partial charge in [-0.25, -0.2) is 0 Å². The van der Waals surface area contributed by atoms with Crippen molar-refractivity contribution in [1.82, 2.24) is 0 Å². The predicted molar refractivity (Wildman–Crippen MR) is 89.2 cm³/mol. The summed E-state index contributed by atoms with van der Waals surface area (Å²) < 4.78 is 0. The molecule has 1 aromatic carbocycles. The van der Waals surface area contributed by atoms with Gasteiger partial charge in [0.2, 0.25) is 0 Å². The van der Waals surface area contributed by atoms with E-state index in [4.69, 9.17) is 0 Å². The highest BCUT2D eigenvalue weighted by Crippen LogP contribution is 2.29. The van der Waals surface area contributed by atoms with E-state index in [-0.39, 0.29) is 0 Å². The van der Waals surface area contributed by atoms with Crippen molar-refractivity contribution >= 4 is 17.4 Å². The lowest BCUT2D eigenvalue weighted by atomic mass is 9.85. The van der Waals surface area contributed by atoms with Crippen LogP contribution in [0, 0.1) is 29.1 Å². The summed E-state index contributed by atoms with van der Waals surface area (Å²) in [5, 5.41) is 12.9. The molecule has 0 spiro atoms. The van der Waals surface area contributed by atoms with Crippen LogP contribution in [0.25, 0.3) is 0 Å². The van der Waals surface area contributed by atoms with E-state index in [2.05, 4.69) is 46.0 Å². The Kier molecular flexibility index (Phi) is 6.95. The average Bonchev–Trinajstić information content (AvgIpc) is 2.38. The SMILES string of the molecule is CCSc1cccc(NCC(C(C)C)C(C)C)c1C#N. The summed E-state index contributed by atoms with van der Waals surface area (Å²) in [7, 11) is 0. The van der Waals surface area contributed by atoms with E-state index in [1.54, 1.807) is 11.8 Å². The molecule has 0 atom stereocenters. The monoisotopic (exact) mass is 290 g/mol. The third-order valence-corrected chi connectivity index (χ3v) is 4.62. The molecule has 0 saturated carbocycles. The fraction of sp³-hybridized carbons (Fsp3) is 0.588. The Hall–Kier alpha value is -1.14. The summed E-state index contributed by atoms with van der Waals surface area (Å²) in [4.78, 5) is 1.07. The Morgan fingerprint density at radius 2 is 1.85 bits per heavy atom. The Morgan fingerprint density at radius 1 is 1.20 bits per heavy atom. The van der Waals surface area contributed by atoms with Crippen molar-refractivity contribution < 1.29 is 0 Å². The third-order valence-electron chi connectivity index (χ3n) is 3.68. The molecule has 1 rings (SSSR count). The second kappa shape index (κ2) is 8.21. The fourth-order valence-electron chi connectivity index (χ4n) is 2.54. The maximum absolute atomic E-state index is 9.41. The standard InChI is InChI=1S/C17H26N2S/c1-6-20-17-9-7-8-16(14(17)10-18)19-11-15(12(2)3)13(4)5/h7-9,12-13,15,19H,6,11H2,1-5H3. The Labute approximate surface area is 128 Å². The Morgan fingerprint density at radius 3 is 2.35 bits per heavy atom. The van der Waals surface area contributed by atoms with Crippen LogP contribution in [0.1, 0.15) is 40.2 Å². The number of anilines is 1. The number of nitriles is 1. The molecule has 1 aromatic rings. The first-order chi connectivity index (χ1) is 9.51. The smallest absolute Gasteiger partial charge is 0.102 e. The van der Waals surface area contributed by atoms with Crippen LogP contribution in [-0.2, 0) is 0 Å². The molecule has 0 aliphatic carbocycles. The average molecular weight is 290 g/mol. The molecular weight excluding hydrogens is 264 g/mol. The highest BCUT2D eigenvalue weighted by molar-refractivity contribution is 7.99. The lowest BCUT2D eigenvalue weighted by Gasteiger charge is -2.26. The largest absolute Gasteiger partial charge is 0.384 e. The second-order valence-corrected chi connectivity index (χ2v) is 7.06. The summed E-state index contributed by atoms with van der Waals surface area (Å²) in [6, 6.07) is 8.41. The summed E-state index contributed by atoms with van der Waals surface area (Å²) in [5.74, 6) is 2.88. The van der Waals surface area contributed by atoms with Crippen LogP contribution in [-0.4, -0.2) is 12.3 Å². The van der Waals surface area contributed by atoms with E-state index in [0.717, 1.165) is 28.4 Å². The number of rotatable bonds is 7. The maximum atomic E-state index is 9.41. The van der Waals surface area contributed by atoms with E-state index >= 15 is 0 Å². The molecule has 0 unspecified atom stereocenters. The number of hydrogen-bond acceptors (Lipinski definition) is 3. The highest BCUT2D eigenvalue weighted by atomic mass is 32.2. The molecular formula is C17H26N2S. The molecule has 0 aromatic heterocycles. The Bertz CT molecular complexity index is 453. The first kappa shape index (κ1) is 16.9. The quantitative estimate of drug-likeness (QED) is 0.717. The lowest BCUT2D eigenvalue weighted by Crippen LogP contribution is -2.24. The van der Waals surface area contributed by atoms with Crippen LogP contribution in [0.3, 0.4) is 0 Å². The van der Waals surface area contributed by atoms with Gasteiger partial charge in [0.15, 0.2) is 0 Å². The first-order valence-corrected chi connectivity index (χ1v) is 8.39. The lowest BCUT2D eigenvalue weighted by molar-refractivity contribution is 0.304. The van der Waals surface area contributed by atoms with Gasteiger partial charge in [0.1, 0.15) is 6.07 Å². The molecule has 0 bridgehead atoms. The van der Waals surface area contributed by atoms with Crippen molar-refractivity contribution in [1.29, 1.82) is 5.26 Å². The Balaban J connectivity index is 2.87. The number of thioether (sulfide) groups is 1. The number of hydrogen-bond donors (Lipinski definition) is 1. The molecule has 0 aliphatic rings. The van der Waals surface area contributed by atoms with Gasteiger partial charge in [0.05, 0.1) is 11.3 Å². The topological polar surface area (TPSA) is 35.8 Å². The molecule has 2 nitrogen and oxygen atoms in total. The minimum atomic E-state index is 0.615. The molecule has 0 amide bonds. The van der Waals surface area contributed by atoms with Crippen LogP contribution in [0.4, 0.5) is 5.69 Å². The van der Waals surface area contributed by atoms with E-state index in [1.807, 2.05) is 18.2 Å². The zero-order valence-corrected chi connectivity index (χ0v) is 14.1. The van der Waals surface area contributed by atoms with Crippen LogP contribution < -0.4 is 5.32 Å². The van der Waals surface area contributed by atoms with E-state index in [0.29, 0.717) is 17.8 Å². The summed E-state index contributed by atoms with van der Waals surface area (Å²) >= 11 is 1.73. The molecule has 110 valence electrons. The van der Waals surface area contributed by atoms with Crippen LogP contribution >= 0.6 is 11.8 Å². The molecule has 0 radical (unpaired) electrons. The highest BCUT2D eigenvalue weighted by Gasteiger charge is 2.18. The molecule has 0 saturated heterocycles. The zero-order valence-electron chi connectivity index (χ0n) is 13.2. The predicted octanol–water partition coefficient (Wildman–Crippen LogP) is 5.01. The van der Waals surface area contributed by atoms with Gasteiger partial charge in [-0.15, -0.1) is 11.8 Å². The van der Waals surface area contributed by atoms with Gasteiger partial charge in [-0.1, -0.05) is 40.7 Å². The van der Waals surface area contributed by atoms with Crippen molar-refractivity contribution in [2.24, 2.45) is 17.8 Å². The summed E-state index contributed by atoms with van der Waals surface area (Å²) in [6.45, 7) is 12.1. The van der Waals surface area contributed by atoms with Crippen molar-refractivity contribution in [3.05, 3.63) is 23.8 Å². The molecule has 3 heteroatoms.